The number of rotatable bonds is 5. The highest BCUT2D eigenvalue weighted by atomic mass is 16.4. The third-order valence-corrected chi connectivity index (χ3v) is 8.19. The Labute approximate surface area is 237 Å². The molecule has 41 heavy (non-hydrogen) atoms. The highest BCUT2D eigenvalue weighted by molar-refractivity contribution is 5.78. The van der Waals surface area contributed by atoms with Crippen molar-refractivity contribution in [3.8, 4) is 11.3 Å². The first-order chi connectivity index (χ1) is 20.0. The van der Waals surface area contributed by atoms with Gasteiger partial charge in [0.15, 0.2) is 0 Å². The quantitative estimate of drug-likeness (QED) is 0.368. The molecule has 6 rings (SSSR count). The van der Waals surface area contributed by atoms with E-state index in [1.807, 2.05) is 59.2 Å². The molecule has 2 aromatic carbocycles. The van der Waals surface area contributed by atoms with Gasteiger partial charge < -0.3 is 19.1 Å². The normalized spacial score (nSPS) is 19.9. The molecule has 2 fully saturated rings. The minimum absolute atomic E-state index is 0.0592. The molecule has 0 radical (unpaired) electrons. The average molecular weight is 549 g/mol. The molecule has 4 heterocycles. The Bertz CT molecular complexity index is 1740. The van der Waals surface area contributed by atoms with Crippen LogP contribution in [-0.2, 0) is 11.3 Å². The summed E-state index contributed by atoms with van der Waals surface area (Å²) in [4.78, 5) is 45.9. The fraction of sp³-hybridized carbons (Fsp3) is 0.273. The molecule has 208 valence electrons. The van der Waals surface area contributed by atoms with Gasteiger partial charge in [-0.25, -0.2) is 4.98 Å². The number of hydrogen-bond donors (Lipinski definition) is 1. The van der Waals surface area contributed by atoms with Gasteiger partial charge in [-0.2, -0.15) is 0 Å². The molecule has 4 aromatic rings. The van der Waals surface area contributed by atoms with E-state index in [4.69, 9.17) is 0 Å². The number of para-hydroxylation sites is 2. The van der Waals surface area contributed by atoms with Gasteiger partial charge in [-0.1, -0.05) is 54.6 Å². The fourth-order valence-electron chi connectivity index (χ4n) is 6.52. The van der Waals surface area contributed by atoms with Gasteiger partial charge in [-0.15, -0.1) is 0 Å². The van der Waals surface area contributed by atoms with Gasteiger partial charge in [-0.3, -0.25) is 14.4 Å². The summed E-state index contributed by atoms with van der Waals surface area (Å²) >= 11 is 0. The first-order valence-corrected chi connectivity index (χ1v) is 14.1. The summed E-state index contributed by atoms with van der Waals surface area (Å²) in [5.41, 5.74) is 1.86. The van der Waals surface area contributed by atoms with Crippen LogP contribution in [0.1, 0.15) is 38.1 Å². The van der Waals surface area contributed by atoms with Crippen molar-refractivity contribution in [2.24, 2.45) is 0 Å². The molecule has 2 aliphatic rings. The van der Waals surface area contributed by atoms with Gasteiger partial charge in [-0.05, 0) is 68.5 Å². The van der Waals surface area contributed by atoms with E-state index in [2.05, 4.69) is 34.1 Å². The Morgan fingerprint density at radius 2 is 1.41 bits per heavy atom. The Hall–Kier alpha value is -4.72. The van der Waals surface area contributed by atoms with Crippen molar-refractivity contribution in [3.63, 3.8) is 0 Å². The lowest BCUT2D eigenvalue weighted by molar-refractivity contribution is -0.137. The maximum absolute atomic E-state index is 14.2. The first kappa shape index (κ1) is 26.5. The van der Waals surface area contributed by atoms with Gasteiger partial charge in [0.25, 0.3) is 11.1 Å². The minimum atomic E-state index is -1.13. The van der Waals surface area contributed by atoms with Gasteiger partial charge in [0, 0.05) is 30.0 Å². The van der Waals surface area contributed by atoms with Crippen molar-refractivity contribution in [2.45, 2.75) is 56.8 Å². The Kier molecular flexibility index (Phi) is 7.37. The standard InChI is InChI=1S/C33H32N4O4/c38-30(39)22-35-19-11-16-27(32(35)40)31-33(41)37(29-18-9-8-17-28(29)34-31)26-20-24-14-10-15-25(21-26)36(24)23-12-6-4-2-1-3-5-7-13-23/h1-9,11-13,16-19,24-26H,10,14-15,20-22H2,(H,38,39)/t24-,25+,26?. The molecule has 0 spiro atoms. The summed E-state index contributed by atoms with van der Waals surface area (Å²) in [6.45, 7) is -0.484. The van der Waals surface area contributed by atoms with Crippen LogP contribution >= 0.6 is 0 Å². The van der Waals surface area contributed by atoms with Crippen LogP contribution in [0.5, 0.6) is 0 Å². The molecular weight excluding hydrogens is 516 g/mol. The zero-order valence-electron chi connectivity index (χ0n) is 22.7. The van der Waals surface area contributed by atoms with Crippen molar-refractivity contribution in [2.75, 3.05) is 4.90 Å². The zero-order chi connectivity index (χ0) is 28.3. The van der Waals surface area contributed by atoms with Gasteiger partial charge in [0.05, 0.1) is 16.6 Å². The van der Waals surface area contributed by atoms with E-state index in [9.17, 15) is 19.5 Å². The lowest BCUT2D eigenvalue weighted by atomic mass is 9.81. The van der Waals surface area contributed by atoms with E-state index in [0.717, 1.165) is 42.2 Å². The summed E-state index contributed by atoms with van der Waals surface area (Å²) in [6, 6.07) is 29.7. The summed E-state index contributed by atoms with van der Waals surface area (Å²) in [6.07, 6.45) is 6.25. The Morgan fingerprint density at radius 1 is 0.780 bits per heavy atom. The van der Waals surface area contributed by atoms with E-state index in [1.165, 1.54) is 11.9 Å². The topological polar surface area (TPSA) is 97.4 Å². The zero-order valence-corrected chi connectivity index (χ0v) is 22.7. The number of carboxylic acid groups (broad SMARTS) is 1. The molecule has 0 saturated carbocycles. The number of benzene rings is 1. The number of carboxylic acids is 1. The number of anilines is 1. The van der Waals surface area contributed by atoms with Gasteiger partial charge >= 0.3 is 5.97 Å². The molecule has 2 saturated heterocycles. The van der Waals surface area contributed by atoms with Crippen LogP contribution in [0.2, 0.25) is 0 Å². The summed E-state index contributed by atoms with van der Waals surface area (Å²) in [5.74, 6) is -1.13. The van der Waals surface area contributed by atoms with Crippen LogP contribution in [-0.4, -0.2) is 37.3 Å². The van der Waals surface area contributed by atoms with Crippen molar-refractivity contribution < 1.29 is 9.90 Å². The summed E-state index contributed by atoms with van der Waals surface area (Å²) in [5, 5.41) is 9.25. The number of aliphatic carboxylic acids is 1. The molecule has 1 unspecified atom stereocenters. The average Bonchev–Trinajstić information content (AvgIpc) is 2.96. The van der Waals surface area contributed by atoms with E-state index in [-0.39, 0.29) is 34.9 Å². The predicted octanol–water partition coefficient (Wildman–Crippen LogP) is 5.20. The van der Waals surface area contributed by atoms with Crippen LogP contribution in [0.4, 0.5) is 5.69 Å². The molecular formula is C33H32N4O4. The van der Waals surface area contributed by atoms with Crippen molar-refractivity contribution in [1.29, 1.82) is 0 Å². The highest BCUT2D eigenvalue weighted by Gasteiger charge is 2.39. The molecule has 2 aliphatic heterocycles. The highest BCUT2D eigenvalue weighted by Crippen LogP contribution is 2.42. The van der Waals surface area contributed by atoms with Crippen LogP contribution < -0.4 is 16.0 Å². The molecule has 2 bridgehead atoms. The second kappa shape index (κ2) is 11.4. The molecule has 2 aromatic heterocycles. The first-order valence-electron chi connectivity index (χ1n) is 14.1. The van der Waals surface area contributed by atoms with E-state index >= 15 is 0 Å². The predicted molar refractivity (Wildman–Crippen MR) is 160 cm³/mol. The van der Waals surface area contributed by atoms with Gasteiger partial charge in [0.1, 0.15) is 12.2 Å². The van der Waals surface area contributed by atoms with E-state index in [0.29, 0.717) is 5.52 Å². The Morgan fingerprint density at radius 3 is 2.10 bits per heavy atom. The number of fused-ring (bicyclic) bond motifs is 3. The SMILES string of the molecule is O=C(O)Cn1cccc(-c2nc3ccccc3n(C3C[C@H]4CCC[C@@H](C3)N4c3ccccccccc3)c2=O)c1=O. The van der Waals surface area contributed by atoms with Crippen LogP contribution in [0.3, 0.4) is 0 Å². The lowest BCUT2D eigenvalue weighted by Gasteiger charge is -2.50. The maximum Gasteiger partial charge on any atom is 0.323 e. The molecule has 1 N–H and O–H groups in total. The Balaban J connectivity index is 1.45. The molecule has 8 nitrogen and oxygen atoms in total. The van der Waals surface area contributed by atoms with Crippen LogP contribution in [0, 0.1) is 0 Å². The number of carbonyl (C=O) groups is 1. The molecule has 0 amide bonds. The molecule has 0 aliphatic carbocycles. The monoisotopic (exact) mass is 548 g/mol. The van der Waals surface area contributed by atoms with Crippen molar-refractivity contribution >= 4 is 22.7 Å². The van der Waals surface area contributed by atoms with Crippen LogP contribution in [0.25, 0.3) is 22.3 Å². The second-order valence-electron chi connectivity index (χ2n) is 10.7. The number of nitrogens with zero attached hydrogens (tertiary/aromatic N) is 4. The lowest BCUT2D eigenvalue weighted by Crippen LogP contribution is -2.53. The third-order valence-electron chi connectivity index (χ3n) is 8.19. The van der Waals surface area contributed by atoms with Crippen LogP contribution in [0.15, 0.2) is 107 Å². The maximum atomic E-state index is 14.2. The third kappa shape index (κ3) is 5.25. The van der Waals surface area contributed by atoms with E-state index < -0.39 is 18.1 Å². The summed E-state index contributed by atoms with van der Waals surface area (Å²) < 4.78 is 2.94. The molecule has 3 atom stereocenters. The number of pyridine rings is 1. The minimum Gasteiger partial charge on any atom is -0.480 e. The largest absolute Gasteiger partial charge is 0.480 e. The number of piperidine rings is 2. The van der Waals surface area contributed by atoms with Gasteiger partial charge in [0.2, 0.25) is 0 Å². The second-order valence-corrected chi connectivity index (χ2v) is 10.7. The summed E-state index contributed by atoms with van der Waals surface area (Å²) in [7, 11) is 0. The van der Waals surface area contributed by atoms with Crippen molar-refractivity contribution in [1.82, 2.24) is 14.1 Å². The smallest absolute Gasteiger partial charge is 0.323 e. The number of hydrogen-bond acceptors (Lipinski definition) is 5. The van der Waals surface area contributed by atoms with Crippen molar-refractivity contribution in [3.05, 3.63) is 118 Å². The molecule has 8 heteroatoms. The number of aromatic nitrogens is 3. The van der Waals surface area contributed by atoms with E-state index in [1.54, 1.807) is 12.1 Å². The fourth-order valence-corrected chi connectivity index (χ4v) is 6.52.